The van der Waals surface area contributed by atoms with Crippen molar-refractivity contribution in [3.05, 3.63) is 69.0 Å². The highest BCUT2D eigenvalue weighted by atomic mass is 35.5. The van der Waals surface area contributed by atoms with E-state index in [1.54, 1.807) is 0 Å². The lowest BCUT2D eigenvalue weighted by Crippen LogP contribution is -2.34. The molecule has 2 aromatic carbocycles. The van der Waals surface area contributed by atoms with E-state index < -0.39 is 11.7 Å². The van der Waals surface area contributed by atoms with E-state index >= 15 is 0 Å². The van der Waals surface area contributed by atoms with Crippen LogP contribution in [0.1, 0.15) is 34.5 Å². The van der Waals surface area contributed by atoms with Gasteiger partial charge in [-0.3, -0.25) is 4.79 Å². The highest BCUT2D eigenvalue weighted by molar-refractivity contribution is 6.36. The summed E-state index contributed by atoms with van der Waals surface area (Å²) in [6, 6.07) is 10.6. The molecule has 2 rings (SSSR count). The molecule has 2 aromatic rings. The van der Waals surface area contributed by atoms with E-state index in [-0.39, 0.29) is 21.7 Å². The number of carbonyl (C=O) groups is 1. The van der Waals surface area contributed by atoms with Gasteiger partial charge < -0.3 is 10.2 Å². The van der Waals surface area contributed by atoms with Gasteiger partial charge in [-0.2, -0.15) is 0 Å². The zero-order valence-corrected chi connectivity index (χ0v) is 16.0. The summed E-state index contributed by atoms with van der Waals surface area (Å²) in [5, 5.41) is 2.84. The van der Waals surface area contributed by atoms with E-state index in [1.807, 2.05) is 19.0 Å². The van der Waals surface area contributed by atoms with Crippen molar-refractivity contribution in [3.8, 4) is 0 Å². The molecular weight excluding hydrogens is 362 g/mol. The van der Waals surface area contributed by atoms with Gasteiger partial charge in [0, 0.05) is 6.54 Å². The zero-order valence-electron chi connectivity index (χ0n) is 14.4. The van der Waals surface area contributed by atoms with Crippen LogP contribution in [0.25, 0.3) is 0 Å². The number of halogens is 3. The first kappa shape index (κ1) is 19.7. The minimum Gasteiger partial charge on any atom is -0.350 e. The van der Waals surface area contributed by atoms with Crippen LogP contribution in [0.4, 0.5) is 4.39 Å². The number of benzene rings is 2. The number of amides is 1. The van der Waals surface area contributed by atoms with Crippen molar-refractivity contribution in [1.82, 2.24) is 10.2 Å². The molecule has 0 aliphatic heterocycles. The predicted molar refractivity (Wildman–Crippen MR) is 101 cm³/mol. The number of likely N-dealkylation sites (N-methyl/N-ethyl adjacent to an activating group) is 1. The molecule has 1 atom stereocenters. The van der Waals surface area contributed by atoms with Crippen LogP contribution in [-0.2, 0) is 6.42 Å². The lowest BCUT2D eigenvalue weighted by molar-refractivity contribution is 0.0941. The molecular formula is C19H21Cl2FN2O. The summed E-state index contributed by atoms with van der Waals surface area (Å²) in [5.74, 6) is -1.10. The maximum atomic E-state index is 13.6. The van der Waals surface area contributed by atoms with Crippen LogP contribution in [0.15, 0.2) is 36.4 Å². The molecule has 0 radical (unpaired) electrons. The predicted octanol–water partition coefficient (Wildman–Crippen LogP) is 4.73. The van der Waals surface area contributed by atoms with Gasteiger partial charge in [-0.15, -0.1) is 0 Å². The Morgan fingerprint density at radius 2 is 1.80 bits per heavy atom. The van der Waals surface area contributed by atoms with Gasteiger partial charge in [0.05, 0.1) is 21.7 Å². The second kappa shape index (κ2) is 8.65. The van der Waals surface area contributed by atoms with Gasteiger partial charge in [0.25, 0.3) is 5.91 Å². The topological polar surface area (TPSA) is 32.3 Å². The molecule has 0 unspecified atom stereocenters. The Labute approximate surface area is 157 Å². The van der Waals surface area contributed by atoms with Crippen molar-refractivity contribution in [2.45, 2.75) is 19.4 Å². The molecule has 1 N–H and O–H groups in total. The number of nitrogens with one attached hydrogen (secondary N) is 1. The Kier molecular flexibility index (Phi) is 6.82. The van der Waals surface area contributed by atoms with Gasteiger partial charge in [-0.05, 0) is 43.8 Å². The maximum absolute atomic E-state index is 13.6. The number of aryl methyl sites for hydroxylation is 1. The van der Waals surface area contributed by atoms with Gasteiger partial charge in [0.15, 0.2) is 0 Å². The van der Waals surface area contributed by atoms with E-state index in [2.05, 4.69) is 36.5 Å². The van der Waals surface area contributed by atoms with Gasteiger partial charge in [-0.25, -0.2) is 4.39 Å². The molecule has 0 spiro atoms. The third kappa shape index (κ3) is 4.94. The molecule has 0 saturated carbocycles. The first-order chi connectivity index (χ1) is 11.8. The summed E-state index contributed by atoms with van der Waals surface area (Å²) in [7, 11) is 3.89. The van der Waals surface area contributed by atoms with Crippen LogP contribution >= 0.6 is 23.2 Å². The second-order valence-electron chi connectivity index (χ2n) is 6.03. The molecule has 25 heavy (non-hydrogen) atoms. The van der Waals surface area contributed by atoms with Crippen LogP contribution < -0.4 is 5.32 Å². The average molecular weight is 383 g/mol. The number of hydrogen-bond donors (Lipinski definition) is 1. The standard InChI is InChI=1S/C19H21Cl2FN2O/c1-4-12-5-7-13(8-6-12)18(24(2)3)11-23-19(25)14-9-17(22)16(21)10-15(14)20/h5-10,18H,4,11H2,1-3H3,(H,23,25)/t18-/m0/s1. The van der Waals surface area contributed by atoms with Gasteiger partial charge >= 0.3 is 0 Å². The summed E-state index contributed by atoms with van der Waals surface area (Å²) >= 11 is 11.7. The molecule has 6 heteroatoms. The minimum absolute atomic E-state index is 0.00854. The molecule has 0 saturated heterocycles. The van der Waals surface area contributed by atoms with E-state index in [1.165, 1.54) is 11.6 Å². The van der Waals surface area contributed by atoms with E-state index in [9.17, 15) is 9.18 Å². The van der Waals surface area contributed by atoms with E-state index in [0.717, 1.165) is 18.1 Å². The highest BCUT2D eigenvalue weighted by Gasteiger charge is 2.18. The molecule has 0 heterocycles. The number of hydrogen-bond acceptors (Lipinski definition) is 2. The Balaban J connectivity index is 2.13. The molecule has 3 nitrogen and oxygen atoms in total. The number of carbonyl (C=O) groups excluding carboxylic acids is 1. The van der Waals surface area contributed by atoms with Crippen LogP contribution in [0.5, 0.6) is 0 Å². The molecule has 0 aliphatic carbocycles. The molecule has 0 aliphatic rings. The second-order valence-corrected chi connectivity index (χ2v) is 6.85. The SMILES string of the molecule is CCc1ccc([C@H](CNC(=O)c2cc(F)c(Cl)cc2Cl)N(C)C)cc1. The third-order valence-electron chi connectivity index (χ3n) is 4.11. The van der Waals surface area contributed by atoms with Crippen molar-refractivity contribution < 1.29 is 9.18 Å². The van der Waals surface area contributed by atoms with Gasteiger partial charge in [-0.1, -0.05) is 54.4 Å². The van der Waals surface area contributed by atoms with Crippen molar-refractivity contribution in [3.63, 3.8) is 0 Å². The first-order valence-electron chi connectivity index (χ1n) is 8.01. The Morgan fingerprint density at radius 1 is 1.16 bits per heavy atom. The summed E-state index contributed by atoms with van der Waals surface area (Å²) in [5.41, 5.74) is 2.42. The highest BCUT2D eigenvalue weighted by Crippen LogP contribution is 2.25. The fourth-order valence-corrected chi connectivity index (χ4v) is 3.02. The smallest absolute Gasteiger partial charge is 0.252 e. The van der Waals surface area contributed by atoms with Crippen molar-refractivity contribution >= 4 is 29.1 Å². The van der Waals surface area contributed by atoms with E-state index in [0.29, 0.717) is 6.54 Å². The van der Waals surface area contributed by atoms with Gasteiger partial charge in [0.2, 0.25) is 0 Å². The van der Waals surface area contributed by atoms with E-state index in [4.69, 9.17) is 23.2 Å². The average Bonchev–Trinajstić information content (AvgIpc) is 2.58. The Morgan fingerprint density at radius 3 is 2.36 bits per heavy atom. The van der Waals surface area contributed by atoms with Gasteiger partial charge in [0.1, 0.15) is 5.82 Å². The first-order valence-corrected chi connectivity index (χ1v) is 8.77. The zero-order chi connectivity index (χ0) is 18.6. The summed E-state index contributed by atoms with van der Waals surface area (Å²) in [6.07, 6.45) is 0.976. The van der Waals surface area contributed by atoms with Crippen LogP contribution in [0.2, 0.25) is 10.0 Å². The van der Waals surface area contributed by atoms with Crippen LogP contribution in [0.3, 0.4) is 0 Å². The summed E-state index contributed by atoms with van der Waals surface area (Å²) in [6.45, 7) is 2.48. The fraction of sp³-hybridized carbons (Fsp3) is 0.316. The normalized spacial score (nSPS) is 12.3. The quantitative estimate of drug-likeness (QED) is 0.732. The number of rotatable bonds is 6. The number of nitrogens with zero attached hydrogens (tertiary/aromatic N) is 1. The molecule has 0 fully saturated rings. The summed E-state index contributed by atoms with van der Waals surface area (Å²) in [4.78, 5) is 14.4. The maximum Gasteiger partial charge on any atom is 0.252 e. The Bertz CT molecular complexity index is 748. The van der Waals surface area contributed by atoms with Crippen molar-refractivity contribution in [1.29, 1.82) is 0 Å². The lowest BCUT2D eigenvalue weighted by atomic mass is 10.0. The molecule has 0 bridgehead atoms. The van der Waals surface area contributed by atoms with Crippen LogP contribution in [-0.4, -0.2) is 31.4 Å². The molecule has 134 valence electrons. The fourth-order valence-electron chi connectivity index (χ4n) is 2.56. The summed E-state index contributed by atoms with van der Waals surface area (Å²) < 4.78 is 13.6. The van der Waals surface area contributed by atoms with Crippen LogP contribution in [0, 0.1) is 5.82 Å². The molecule has 0 aromatic heterocycles. The monoisotopic (exact) mass is 382 g/mol. The van der Waals surface area contributed by atoms with Crippen molar-refractivity contribution in [2.75, 3.05) is 20.6 Å². The minimum atomic E-state index is -0.671. The largest absolute Gasteiger partial charge is 0.350 e. The lowest BCUT2D eigenvalue weighted by Gasteiger charge is -2.25. The van der Waals surface area contributed by atoms with Crippen molar-refractivity contribution in [2.24, 2.45) is 0 Å². The third-order valence-corrected chi connectivity index (χ3v) is 4.71. The Hall–Kier alpha value is -1.62. The molecule has 1 amide bonds.